The van der Waals surface area contributed by atoms with Crippen molar-refractivity contribution < 1.29 is 9.15 Å². The van der Waals surface area contributed by atoms with Crippen molar-refractivity contribution in [1.29, 1.82) is 0 Å². The van der Waals surface area contributed by atoms with Crippen molar-refractivity contribution >= 4 is 11.1 Å². The maximum atomic E-state index is 11.2. The van der Waals surface area contributed by atoms with Crippen LogP contribution in [0.4, 0.5) is 0 Å². The van der Waals surface area contributed by atoms with Crippen LogP contribution in [0.5, 0.6) is 0 Å². The van der Waals surface area contributed by atoms with Crippen molar-refractivity contribution in [3.8, 4) is 0 Å². The van der Waals surface area contributed by atoms with Crippen LogP contribution in [-0.4, -0.2) is 37.8 Å². The predicted molar refractivity (Wildman–Crippen MR) is 71.2 cm³/mol. The summed E-state index contributed by atoms with van der Waals surface area (Å²) >= 11 is 0. The molecule has 1 aliphatic rings. The molecule has 1 aromatic heterocycles. The molecule has 6 nitrogen and oxygen atoms in total. The van der Waals surface area contributed by atoms with E-state index in [4.69, 9.17) is 9.15 Å². The largest absolute Gasteiger partial charge is 0.417 e. The molecule has 2 heterocycles. The fourth-order valence-electron chi connectivity index (χ4n) is 2.56. The molecule has 0 radical (unpaired) electrons. The van der Waals surface area contributed by atoms with E-state index in [0.29, 0.717) is 12.2 Å². The molecule has 0 spiro atoms. The predicted octanol–water partition coefficient (Wildman–Crippen LogP) is 0.370. The van der Waals surface area contributed by atoms with E-state index in [2.05, 4.69) is 15.6 Å². The van der Waals surface area contributed by atoms with Gasteiger partial charge in [-0.15, -0.1) is 0 Å². The van der Waals surface area contributed by atoms with E-state index < -0.39 is 5.76 Å². The molecule has 19 heavy (non-hydrogen) atoms. The fraction of sp³-hybridized carbons (Fsp3) is 0.462. The zero-order chi connectivity index (χ0) is 13.2. The van der Waals surface area contributed by atoms with Gasteiger partial charge in [-0.25, -0.2) is 4.79 Å². The molecule has 2 aromatic rings. The number of fused-ring (bicyclic) bond motifs is 1. The monoisotopic (exact) mass is 263 g/mol. The summed E-state index contributed by atoms with van der Waals surface area (Å²) in [7, 11) is 1.92. The van der Waals surface area contributed by atoms with Crippen molar-refractivity contribution in [2.75, 3.05) is 26.8 Å². The Hall–Kier alpha value is -1.63. The first kappa shape index (κ1) is 12.4. The highest BCUT2D eigenvalue weighted by atomic mass is 16.5. The Morgan fingerprint density at radius 3 is 3.11 bits per heavy atom. The number of hydrogen-bond donors (Lipinski definition) is 3. The highest BCUT2D eigenvalue weighted by Crippen LogP contribution is 2.22. The number of H-pyrrole nitrogens is 1. The molecule has 6 heteroatoms. The van der Waals surface area contributed by atoms with E-state index in [9.17, 15) is 4.79 Å². The van der Waals surface area contributed by atoms with Crippen molar-refractivity contribution in [2.45, 2.75) is 12.1 Å². The van der Waals surface area contributed by atoms with Crippen LogP contribution in [0, 0.1) is 0 Å². The number of hydrogen-bond acceptors (Lipinski definition) is 5. The van der Waals surface area contributed by atoms with Crippen molar-refractivity contribution in [3.05, 3.63) is 34.3 Å². The molecule has 0 bridgehead atoms. The third-order valence-corrected chi connectivity index (χ3v) is 3.47. The zero-order valence-electron chi connectivity index (χ0n) is 10.7. The van der Waals surface area contributed by atoms with Gasteiger partial charge < -0.3 is 19.8 Å². The lowest BCUT2D eigenvalue weighted by Crippen LogP contribution is -2.48. The summed E-state index contributed by atoms with van der Waals surface area (Å²) in [4.78, 5) is 13.9. The summed E-state index contributed by atoms with van der Waals surface area (Å²) in [5, 5.41) is 6.73. The van der Waals surface area contributed by atoms with Gasteiger partial charge in [0.1, 0.15) is 0 Å². The quantitative estimate of drug-likeness (QED) is 0.745. The molecule has 102 valence electrons. The molecular weight excluding hydrogens is 246 g/mol. The third kappa shape index (κ3) is 2.42. The molecule has 2 unspecified atom stereocenters. The lowest BCUT2D eigenvalue weighted by molar-refractivity contribution is 0.0646. The maximum absolute atomic E-state index is 11.2. The number of aromatic amines is 1. The molecule has 0 saturated carbocycles. The Kier molecular flexibility index (Phi) is 3.37. The molecule has 1 fully saturated rings. The van der Waals surface area contributed by atoms with E-state index in [1.54, 1.807) is 0 Å². The van der Waals surface area contributed by atoms with E-state index >= 15 is 0 Å². The number of likely N-dealkylation sites (N-methyl/N-ethyl adjacent to an activating group) is 1. The second-order valence-corrected chi connectivity index (χ2v) is 4.67. The first-order valence-corrected chi connectivity index (χ1v) is 6.39. The van der Waals surface area contributed by atoms with Gasteiger partial charge in [-0.05, 0) is 24.7 Å². The smallest absolute Gasteiger partial charge is 0.408 e. The second kappa shape index (κ2) is 5.16. The van der Waals surface area contributed by atoms with Gasteiger partial charge in [0, 0.05) is 12.6 Å². The number of benzene rings is 1. The van der Waals surface area contributed by atoms with Gasteiger partial charge in [-0.2, -0.15) is 0 Å². The Labute approximate surface area is 110 Å². The lowest BCUT2D eigenvalue weighted by Gasteiger charge is -2.31. The highest BCUT2D eigenvalue weighted by molar-refractivity contribution is 5.73. The van der Waals surface area contributed by atoms with Crippen LogP contribution in [-0.2, 0) is 4.74 Å². The van der Waals surface area contributed by atoms with Crippen LogP contribution in [0.3, 0.4) is 0 Å². The number of nitrogens with one attached hydrogen (secondary N) is 3. The zero-order valence-corrected chi connectivity index (χ0v) is 10.7. The average Bonchev–Trinajstić information content (AvgIpc) is 2.80. The van der Waals surface area contributed by atoms with Gasteiger partial charge in [0.05, 0.1) is 24.8 Å². The van der Waals surface area contributed by atoms with Crippen molar-refractivity contribution in [3.63, 3.8) is 0 Å². The Morgan fingerprint density at radius 1 is 1.47 bits per heavy atom. The first-order chi connectivity index (χ1) is 9.28. The Balaban J connectivity index is 1.93. The van der Waals surface area contributed by atoms with Gasteiger partial charge in [0.2, 0.25) is 0 Å². The first-order valence-electron chi connectivity index (χ1n) is 6.39. The molecule has 1 saturated heterocycles. The summed E-state index contributed by atoms with van der Waals surface area (Å²) in [6, 6.07) is 6.07. The van der Waals surface area contributed by atoms with Gasteiger partial charge >= 0.3 is 5.76 Å². The number of ether oxygens (including phenoxy) is 1. The molecular formula is C13H17N3O3. The number of oxazole rings is 1. The second-order valence-electron chi connectivity index (χ2n) is 4.67. The number of morpholine rings is 1. The molecule has 1 aliphatic heterocycles. The van der Waals surface area contributed by atoms with E-state index in [1.165, 1.54) is 0 Å². The Morgan fingerprint density at radius 2 is 2.37 bits per heavy atom. The minimum Gasteiger partial charge on any atom is -0.408 e. The minimum atomic E-state index is -0.424. The molecule has 2 atom stereocenters. The molecule has 0 aliphatic carbocycles. The standard InChI is InChI=1S/C13H17N3O3/c1-14-12(10-7-18-5-4-15-10)8-2-3-11-9(6-8)16-13(17)19-11/h2-3,6,10,12,14-15H,4-5,7H2,1H3,(H,16,17). The minimum absolute atomic E-state index is 0.128. The van der Waals surface area contributed by atoms with Crippen LogP contribution in [0.15, 0.2) is 27.4 Å². The normalized spacial score (nSPS) is 21.6. The van der Waals surface area contributed by atoms with Gasteiger partial charge in [0.15, 0.2) is 5.58 Å². The van der Waals surface area contributed by atoms with Crippen molar-refractivity contribution in [1.82, 2.24) is 15.6 Å². The summed E-state index contributed by atoms with van der Waals surface area (Å²) in [5.74, 6) is -0.424. The summed E-state index contributed by atoms with van der Waals surface area (Å²) in [6.45, 7) is 2.28. The molecule has 3 N–H and O–H groups in total. The van der Waals surface area contributed by atoms with Crippen LogP contribution in [0.25, 0.3) is 11.1 Å². The summed E-state index contributed by atoms with van der Waals surface area (Å²) in [6.07, 6.45) is 0. The average molecular weight is 263 g/mol. The van der Waals surface area contributed by atoms with E-state index in [-0.39, 0.29) is 12.1 Å². The van der Waals surface area contributed by atoms with Crippen LogP contribution >= 0.6 is 0 Å². The maximum Gasteiger partial charge on any atom is 0.417 e. The summed E-state index contributed by atoms with van der Waals surface area (Å²) in [5.41, 5.74) is 2.39. The Bertz CT molecular complexity index is 613. The van der Waals surface area contributed by atoms with E-state index in [0.717, 1.165) is 24.2 Å². The van der Waals surface area contributed by atoms with Gasteiger partial charge in [-0.3, -0.25) is 4.98 Å². The number of rotatable bonds is 3. The highest BCUT2D eigenvalue weighted by Gasteiger charge is 2.24. The molecule has 1 aromatic carbocycles. The van der Waals surface area contributed by atoms with E-state index in [1.807, 2.05) is 25.2 Å². The van der Waals surface area contributed by atoms with Crippen molar-refractivity contribution in [2.24, 2.45) is 0 Å². The van der Waals surface area contributed by atoms with Crippen LogP contribution in [0.2, 0.25) is 0 Å². The number of aromatic nitrogens is 1. The van der Waals surface area contributed by atoms with Gasteiger partial charge in [-0.1, -0.05) is 6.07 Å². The SMILES string of the molecule is CNC(c1ccc2oc(=O)[nH]c2c1)C1COCCN1. The molecule has 0 amide bonds. The lowest BCUT2D eigenvalue weighted by atomic mass is 9.99. The van der Waals surface area contributed by atoms with Gasteiger partial charge in [0.25, 0.3) is 0 Å². The van der Waals surface area contributed by atoms with Crippen LogP contribution in [0.1, 0.15) is 11.6 Å². The fourth-order valence-corrected chi connectivity index (χ4v) is 2.56. The third-order valence-electron chi connectivity index (χ3n) is 3.47. The topological polar surface area (TPSA) is 79.3 Å². The van der Waals surface area contributed by atoms with Crippen LogP contribution < -0.4 is 16.4 Å². The molecule has 3 rings (SSSR count). The summed E-state index contributed by atoms with van der Waals surface area (Å²) < 4.78 is 10.5.